The molecule has 3 aromatic carbocycles. The zero-order valence-corrected chi connectivity index (χ0v) is 18.9. The second kappa shape index (κ2) is 10.9. The van der Waals surface area contributed by atoms with Crippen LogP contribution in [0.25, 0.3) is 10.8 Å². The molecule has 0 aliphatic heterocycles. The number of nitrogens with one attached hydrogen (secondary N) is 2. The fraction of sp³-hybridized carbons (Fsp3) is 0.208. The first kappa shape index (κ1) is 24.9. The molecule has 0 spiro atoms. The van der Waals surface area contributed by atoms with Crippen molar-refractivity contribution in [2.75, 3.05) is 0 Å². The molecular weight excluding hydrogens is 460 g/mol. The predicted molar refractivity (Wildman–Crippen MR) is 125 cm³/mol. The highest BCUT2D eigenvalue weighted by Crippen LogP contribution is 2.19. The number of carboxylic acids is 2. The summed E-state index contributed by atoms with van der Waals surface area (Å²) in [6.45, 7) is 0. The van der Waals surface area contributed by atoms with E-state index in [1.54, 1.807) is 48.5 Å². The van der Waals surface area contributed by atoms with Gasteiger partial charge in [-0.15, -0.1) is 0 Å². The molecule has 0 aromatic heterocycles. The van der Waals surface area contributed by atoms with E-state index in [2.05, 4.69) is 10.0 Å². The Bertz CT molecular complexity index is 1290. The van der Waals surface area contributed by atoms with Crippen LogP contribution in [0.4, 0.5) is 0 Å². The van der Waals surface area contributed by atoms with Crippen LogP contribution < -0.4 is 10.0 Å². The first-order chi connectivity index (χ1) is 16.2. The van der Waals surface area contributed by atoms with Crippen molar-refractivity contribution in [1.82, 2.24) is 10.0 Å². The first-order valence-corrected chi connectivity index (χ1v) is 11.9. The Morgan fingerprint density at radius 1 is 0.824 bits per heavy atom. The molecule has 4 N–H and O–H groups in total. The number of hydrogen-bond donors (Lipinski definition) is 4. The number of rotatable bonds is 11. The van der Waals surface area contributed by atoms with Crippen LogP contribution in [-0.2, 0) is 30.8 Å². The Kier molecular flexibility index (Phi) is 7.98. The van der Waals surface area contributed by atoms with Gasteiger partial charge in [-0.05, 0) is 34.9 Å². The number of sulfonamides is 1. The topological polar surface area (TPSA) is 150 Å². The summed E-state index contributed by atoms with van der Waals surface area (Å²) in [4.78, 5) is 35.6. The van der Waals surface area contributed by atoms with E-state index in [0.29, 0.717) is 10.9 Å². The molecule has 0 bridgehead atoms. The molecule has 0 fully saturated rings. The van der Waals surface area contributed by atoms with E-state index in [1.807, 2.05) is 12.1 Å². The quantitative estimate of drug-likeness (QED) is 0.326. The maximum atomic E-state index is 13.0. The average Bonchev–Trinajstić information content (AvgIpc) is 2.81. The van der Waals surface area contributed by atoms with Crippen LogP contribution in [0.15, 0.2) is 77.7 Å². The Morgan fingerprint density at radius 3 is 2.12 bits per heavy atom. The van der Waals surface area contributed by atoms with Crippen LogP contribution in [0.1, 0.15) is 18.4 Å². The molecule has 0 unspecified atom stereocenters. The summed E-state index contributed by atoms with van der Waals surface area (Å²) in [6.07, 6.45) is -0.870. The highest BCUT2D eigenvalue weighted by Gasteiger charge is 2.30. The van der Waals surface area contributed by atoms with Gasteiger partial charge in [0.05, 0.1) is 4.90 Å². The number of benzene rings is 3. The van der Waals surface area contributed by atoms with Gasteiger partial charge in [-0.25, -0.2) is 13.2 Å². The van der Waals surface area contributed by atoms with E-state index in [1.165, 1.54) is 12.1 Å². The third kappa shape index (κ3) is 6.63. The van der Waals surface area contributed by atoms with Gasteiger partial charge in [0.15, 0.2) is 0 Å². The molecule has 2 atom stereocenters. The summed E-state index contributed by atoms with van der Waals surface area (Å²) in [5.41, 5.74) is 0.661. The van der Waals surface area contributed by atoms with Gasteiger partial charge in [-0.1, -0.05) is 60.7 Å². The van der Waals surface area contributed by atoms with Crippen LogP contribution in [-0.4, -0.2) is 48.6 Å². The van der Waals surface area contributed by atoms with E-state index >= 15 is 0 Å². The van der Waals surface area contributed by atoms with Crippen LogP contribution in [0.5, 0.6) is 0 Å². The van der Waals surface area contributed by atoms with Crippen molar-refractivity contribution in [2.45, 2.75) is 36.2 Å². The second-order valence-electron chi connectivity index (χ2n) is 7.70. The molecule has 9 nitrogen and oxygen atoms in total. The monoisotopic (exact) mass is 484 g/mol. The van der Waals surface area contributed by atoms with Gasteiger partial charge in [0.2, 0.25) is 15.9 Å². The SMILES string of the molecule is O=C(O)CC[C@H](NS(=O)(=O)c1ccc2ccccc2c1)C(=O)N[C@@H](Cc1ccccc1)C(=O)O. The van der Waals surface area contributed by atoms with Crippen molar-refractivity contribution in [2.24, 2.45) is 0 Å². The highest BCUT2D eigenvalue weighted by atomic mass is 32.2. The van der Waals surface area contributed by atoms with Crippen LogP contribution >= 0.6 is 0 Å². The van der Waals surface area contributed by atoms with E-state index in [-0.39, 0.29) is 17.7 Å². The molecular formula is C24H24N2O7S. The molecule has 0 heterocycles. The van der Waals surface area contributed by atoms with Crippen molar-refractivity contribution in [3.8, 4) is 0 Å². The van der Waals surface area contributed by atoms with Crippen LogP contribution in [0.3, 0.4) is 0 Å². The number of aliphatic carboxylic acids is 2. The Hall–Kier alpha value is -3.76. The van der Waals surface area contributed by atoms with Gasteiger partial charge in [-0.2, -0.15) is 4.72 Å². The van der Waals surface area contributed by atoms with Gasteiger partial charge in [0.25, 0.3) is 0 Å². The van der Waals surface area contributed by atoms with Crippen molar-refractivity contribution in [3.05, 3.63) is 78.4 Å². The molecule has 0 radical (unpaired) electrons. The van der Waals surface area contributed by atoms with Gasteiger partial charge in [-0.3, -0.25) is 9.59 Å². The third-order valence-corrected chi connectivity index (χ3v) is 6.66. The summed E-state index contributed by atoms with van der Waals surface area (Å²) in [7, 11) is -4.21. The van der Waals surface area contributed by atoms with Gasteiger partial charge < -0.3 is 15.5 Å². The largest absolute Gasteiger partial charge is 0.481 e. The number of hydrogen-bond acceptors (Lipinski definition) is 5. The minimum absolute atomic E-state index is 0.0228. The van der Waals surface area contributed by atoms with Gasteiger partial charge >= 0.3 is 11.9 Å². The van der Waals surface area contributed by atoms with Crippen molar-refractivity contribution in [1.29, 1.82) is 0 Å². The highest BCUT2D eigenvalue weighted by molar-refractivity contribution is 7.89. The maximum Gasteiger partial charge on any atom is 0.326 e. The van der Waals surface area contributed by atoms with Crippen LogP contribution in [0, 0.1) is 0 Å². The van der Waals surface area contributed by atoms with Crippen molar-refractivity contribution in [3.63, 3.8) is 0 Å². The number of carbonyl (C=O) groups is 3. The molecule has 10 heteroatoms. The molecule has 178 valence electrons. The lowest BCUT2D eigenvalue weighted by Gasteiger charge is -2.21. The number of carboxylic acid groups (broad SMARTS) is 2. The fourth-order valence-corrected chi connectivity index (χ4v) is 4.69. The zero-order valence-electron chi connectivity index (χ0n) is 18.0. The minimum atomic E-state index is -4.21. The zero-order chi connectivity index (χ0) is 24.7. The molecule has 0 aliphatic carbocycles. The average molecular weight is 485 g/mol. The predicted octanol–water partition coefficient (Wildman–Crippen LogP) is 2.16. The normalized spacial score (nSPS) is 13.2. The molecule has 34 heavy (non-hydrogen) atoms. The summed E-state index contributed by atoms with van der Waals surface area (Å²) >= 11 is 0. The Balaban J connectivity index is 1.81. The van der Waals surface area contributed by atoms with Crippen molar-refractivity contribution >= 4 is 38.6 Å². The third-order valence-electron chi connectivity index (χ3n) is 5.19. The van der Waals surface area contributed by atoms with E-state index in [9.17, 15) is 27.9 Å². The fourth-order valence-electron chi connectivity index (χ4n) is 3.42. The van der Waals surface area contributed by atoms with Gasteiger partial charge in [0, 0.05) is 12.8 Å². The molecule has 3 rings (SSSR count). The number of amides is 1. The molecule has 0 saturated heterocycles. The Morgan fingerprint density at radius 2 is 1.47 bits per heavy atom. The lowest BCUT2D eigenvalue weighted by molar-refractivity contribution is -0.142. The Labute approximate surface area is 196 Å². The summed E-state index contributed by atoms with van der Waals surface area (Å²) in [5.74, 6) is -3.44. The summed E-state index contributed by atoms with van der Waals surface area (Å²) in [6, 6.07) is 17.4. The summed E-state index contributed by atoms with van der Waals surface area (Å²) < 4.78 is 28.2. The lowest BCUT2D eigenvalue weighted by atomic mass is 10.0. The standard InChI is InChI=1S/C24H24N2O7S/c27-22(28)13-12-20(23(29)25-21(24(30)31)14-16-6-2-1-3-7-16)26-34(32,33)19-11-10-17-8-4-5-9-18(17)15-19/h1-11,15,20-21,26H,12-14H2,(H,25,29)(H,27,28)(H,30,31)/t20-,21-/m0/s1. The summed E-state index contributed by atoms with van der Waals surface area (Å²) in [5, 5.41) is 22.4. The van der Waals surface area contributed by atoms with Crippen molar-refractivity contribution < 1.29 is 33.0 Å². The molecule has 3 aromatic rings. The molecule has 0 saturated carbocycles. The van der Waals surface area contributed by atoms with E-state index in [0.717, 1.165) is 5.39 Å². The minimum Gasteiger partial charge on any atom is -0.481 e. The van der Waals surface area contributed by atoms with Gasteiger partial charge in [0.1, 0.15) is 12.1 Å². The maximum absolute atomic E-state index is 13.0. The lowest BCUT2D eigenvalue weighted by Crippen LogP contribution is -2.52. The van der Waals surface area contributed by atoms with E-state index in [4.69, 9.17) is 5.11 Å². The molecule has 1 amide bonds. The smallest absolute Gasteiger partial charge is 0.326 e. The molecule has 0 aliphatic rings. The first-order valence-electron chi connectivity index (χ1n) is 10.5. The van der Waals surface area contributed by atoms with Crippen LogP contribution in [0.2, 0.25) is 0 Å². The number of fused-ring (bicyclic) bond motifs is 1. The second-order valence-corrected chi connectivity index (χ2v) is 9.42. The van der Waals surface area contributed by atoms with E-state index < -0.39 is 46.4 Å². The number of carbonyl (C=O) groups excluding carboxylic acids is 1.